The quantitative estimate of drug-likeness (QED) is 0.589. The number of carbonyl (C=O) groups excluding carboxylic acids is 2. The summed E-state index contributed by atoms with van der Waals surface area (Å²) in [6, 6.07) is 2.40. The zero-order valence-corrected chi connectivity index (χ0v) is 17.7. The van der Waals surface area contributed by atoms with E-state index in [0.29, 0.717) is 13.1 Å². The van der Waals surface area contributed by atoms with Crippen LogP contribution >= 0.6 is 0 Å². The molecule has 1 heterocycles. The number of nitriles is 1. The minimum absolute atomic E-state index is 0.134. The second kappa shape index (κ2) is 9.81. The Morgan fingerprint density at radius 2 is 1.75 bits per heavy atom. The molecule has 7 heteroatoms. The highest BCUT2D eigenvalue weighted by Gasteiger charge is 2.27. The third kappa shape index (κ3) is 6.43. The van der Waals surface area contributed by atoms with Gasteiger partial charge in [-0.1, -0.05) is 19.3 Å². The molecular weight excluding hydrogens is 356 g/mol. The standard InChI is InChI=1S/C21H34N4O3/c1-21(2,3)28-20(27)25-12-10-17(11-13-25)23-15-16(14-22)19(26)24(4)18-8-6-5-7-9-18/h15,17-18,23H,5-13H2,1-4H3/b16-15-. The van der Waals surface area contributed by atoms with Crippen LogP contribution in [0.1, 0.15) is 65.7 Å². The van der Waals surface area contributed by atoms with E-state index in [0.717, 1.165) is 38.5 Å². The SMILES string of the molecule is CN(C(=O)/C(C#N)=C\NC1CCN(C(=O)OC(C)(C)C)CC1)C1CCCCC1. The summed E-state index contributed by atoms with van der Waals surface area (Å²) < 4.78 is 5.40. The summed E-state index contributed by atoms with van der Waals surface area (Å²) in [6.45, 7) is 6.76. The van der Waals surface area contributed by atoms with Gasteiger partial charge in [0.1, 0.15) is 17.2 Å². The molecule has 2 fully saturated rings. The fraction of sp³-hybridized carbons (Fsp3) is 0.762. The Morgan fingerprint density at radius 1 is 1.14 bits per heavy atom. The average molecular weight is 391 g/mol. The van der Waals surface area contributed by atoms with Crippen molar-refractivity contribution in [1.29, 1.82) is 5.26 Å². The third-order valence-electron chi connectivity index (χ3n) is 5.40. The van der Waals surface area contributed by atoms with Gasteiger partial charge in [-0.15, -0.1) is 0 Å². The van der Waals surface area contributed by atoms with Crippen LogP contribution in [-0.4, -0.2) is 59.6 Å². The summed E-state index contributed by atoms with van der Waals surface area (Å²) in [5, 5.41) is 12.6. The lowest BCUT2D eigenvalue weighted by Gasteiger charge is -2.33. The predicted octanol–water partition coefficient (Wildman–Crippen LogP) is 3.17. The summed E-state index contributed by atoms with van der Waals surface area (Å²) in [5.41, 5.74) is -0.357. The molecule has 1 saturated heterocycles. The number of rotatable bonds is 4. The molecule has 0 radical (unpaired) electrons. The van der Waals surface area contributed by atoms with Crippen molar-refractivity contribution in [3.8, 4) is 6.07 Å². The number of likely N-dealkylation sites (tertiary alicyclic amines) is 1. The van der Waals surface area contributed by atoms with Gasteiger partial charge in [0.15, 0.2) is 0 Å². The fourth-order valence-corrected chi connectivity index (χ4v) is 3.72. The number of nitrogens with one attached hydrogen (secondary N) is 1. The molecule has 0 aromatic heterocycles. The van der Waals surface area contributed by atoms with E-state index in [4.69, 9.17) is 4.74 Å². The number of nitrogens with zero attached hydrogens (tertiary/aromatic N) is 3. The Labute approximate surface area is 168 Å². The number of ether oxygens (including phenoxy) is 1. The molecule has 2 rings (SSSR count). The molecular formula is C21H34N4O3. The summed E-state index contributed by atoms with van der Waals surface area (Å²) in [7, 11) is 1.79. The molecule has 1 saturated carbocycles. The number of amides is 2. The van der Waals surface area contributed by atoms with Gasteiger partial charge in [0.2, 0.25) is 0 Å². The minimum atomic E-state index is -0.499. The van der Waals surface area contributed by atoms with Crippen LogP contribution in [0, 0.1) is 11.3 Å². The van der Waals surface area contributed by atoms with Crippen LogP contribution in [-0.2, 0) is 9.53 Å². The van der Waals surface area contributed by atoms with Crippen LogP contribution in [0.2, 0.25) is 0 Å². The van der Waals surface area contributed by atoms with Crippen molar-refractivity contribution < 1.29 is 14.3 Å². The first-order chi connectivity index (χ1) is 13.2. The molecule has 0 bridgehead atoms. The third-order valence-corrected chi connectivity index (χ3v) is 5.40. The minimum Gasteiger partial charge on any atom is -0.444 e. The predicted molar refractivity (Wildman–Crippen MR) is 107 cm³/mol. The number of likely N-dealkylation sites (N-methyl/N-ethyl adjacent to an activating group) is 1. The smallest absolute Gasteiger partial charge is 0.410 e. The fourth-order valence-electron chi connectivity index (χ4n) is 3.72. The lowest BCUT2D eigenvalue weighted by Crippen LogP contribution is -2.45. The monoisotopic (exact) mass is 390 g/mol. The normalized spacial score (nSPS) is 19.7. The van der Waals surface area contributed by atoms with Crippen LogP contribution in [0.25, 0.3) is 0 Å². The molecule has 0 atom stereocenters. The maximum atomic E-state index is 12.6. The van der Waals surface area contributed by atoms with E-state index >= 15 is 0 Å². The van der Waals surface area contributed by atoms with Gasteiger partial charge in [-0.25, -0.2) is 4.79 Å². The van der Waals surface area contributed by atoms with E-state index in [-0.39, 0.29) is 29.7 Å². The Hall–Kier alpha value is -2.23. The van der Waals surface area contributed by atoms with Crippen molar-refractivity contribution in [2.45, 2.75) is 83.4 Å². The van der Waals surface area contributed by atoms with E-state index in [2.05, 4.69) is 5.32 Å². The molecule has 7 nitrogen and oxygen atoms in total. The summed E-state index contributed by atoms with van der Waals surface area (Å²) in [4.78, 5) is 28.2. The number of hydrogen-bond acceptors (Lipinski definition) is 5. The molecule has 0 aromatic rings. The average Bonchev–Trinajstić information content (AvgIpc) is 2.67. The molecule has 0 unspecified atom stereocenters. The molecule has 2 amide bonds. The van der Waals surface area contributed by atoms with Gasteiger partial charge in [-0.05, 0) is 46.5 Å². The molecule has 0 aromatic carbocycles. The second-order valence-corrected chi connectivity index (χ2v) is 8.79. The number of hydrogen-bond donors (Lipinski definition) is 1. The topological polar surface area (TPSA) is 85.7 Å². The highest BCUT2D eigenvalue weighted by Crippen LogP contribution is 2.22. The largest absolute Gasteiger partial charge is 0.444 e. The van der Waals surface area contributed by atoms with Crippen LogP contribution in [0.3, 0.4) is 0 Å². The van der Waals surface area contributed by atoms with E-state index in [9.17, 15) is 14.9 Å². The number of carbonyl (C=O) groups is 2. The Balaban J connectivity index is 1.84. The van der Waals surface area contributed by atoms with Gasteiger partial charge in [0, 0.05) is 38.4 Å². The van der Waals surface area contributed by atoms with Gasteiger partial charge in [-0.3, -0.25) is 4.79 Å². The highest BCUT2D eigenvalue weighted by molar-refractivity contribution is 5.97. The zero-order chi connectivity index (χ0) is 20.7. The highest BCUT2D eigenvalue weighted by atomic mass is 16.6. The molecule has 1 aliphatic heterocycles. The van der Waals surface area contributed by atoms with Crippen molar-refractivity contribution in [3.63, 3.8) is 0 Å². The van der Waals surface area contributed by atoms with Crippen LogP contribution in [0.4, 0.5) is 4.79 Å². The zero-order valence-electron chi connectivity index (χ0n) is 17.7. The first-order valence-electron chi connectivity index (χ1n) is 10.3. The summed E-state index contributed by atoms with van der Waals surface area (Å²) in [6.07, 6.45) is 8.30. The summed E-state index contributed by atoms with van der Waals surface area (Å²) >= 11 is 0. The maximum absolute atomic E-state index is 12.6. The molecule has 0 spiro atoms. The second-order valence-electron chi connectivity index (χ2n) is 8.79. The molecule has 1 N–H and O–H groups in total. The van der Waals surface area contributed by atoms with E-state index < -0.39 is 5.60 Å². The molecule has 2 aliphatic rings. The molecule has 156 valence electrons. The number of piperidine rings is 1. The van der Waals surface area contributed by atoms with Crippen molar-refractivity contribution >= 4 is 12.0 Å². The van der Waals surface area contributed by atoms with Crippen molar-refractivity contribution in [2.75, 3.05) is 20.1 Å². The Morgan fingerprint density at radius 3 is 2.29 bits per heavy atom. The van der Waals surface area contributed by atoms with Crippen molar-refractivity contribution in [3.05, 3.63) is 11.8 Å². The first-order valence-corrected chi connectivity index (χ1v) is 10.3. The lowest BCUT2D eigenvalue weighted by atomic mass is 9.94. The van der Waals surface area contributed by atoms with E-state index in [1.807, 2.05) is 26.8 Å². The summed E-state index contributed by atoms with van der Waals surface area (Å²) in [5.74, 6) is -0.215. The van der Waals surface area contributed by atoms with Crippen LogP contribution < -0.4 is 5.32 Å². The maximum Gasteiger partial charge on any atom is 0.410 e. The molecule has 1 aliphatic carbocycles. The Bertz CT molecular complexity index is 619. The van der Waals surface area contributed by atoms with Gasteiger partial charge >= 0.3 is 6.09 Å². The van der Waals surface area contributed by atoms with Gasteiger partial charge in [0.05, 0.1) is 0 Å². The van der Waals surface area contributed by atoms with E-state index in [1.54, 1.807) is 23.0 Å². The Kier molecular flexibility index (Phi) is 7.73. The van der Waals surface area contributed by atoms with E-state index in [1.165, 1.54) is 6.42 Å². The van der Waals surface area contributed by atoms with Crippen LogP contribution in [0.15, 0.2) is 11.8 Å². The van der Waals surface area contributed by atoms with Crippen molar-refractivity contribution in [1.82, 2.24) is 15.1 Å². The van der Waals surface area contributed by atoms with Gasteiger partial charge in [0.25, 0.3) is 5.91 Å². The van der Waals surface area contributed by atoms with Crippen molar-refractivity contribution in [2.24, 2.45) is 0 Å². The lowest BCUT2D eigenvalue weighted by molar-refractivity contribution is -0.128. The van der Waals surface area contributed by atoms with Crippen LogP contribution in [0.5, 0.6) is 0 Å². The first kappa shape index (κ1) is 22.1. The van der Waals surface area contributed by atoms with Gasteiger partial charge < -0.3 is 19.9 Å². The molecule has 28 heavy (non-hydrogen) atoms. The van der Waals surface area contributed by atoms with Gasteiger partial charge in [-0.2, -0.15) is 5.26 Å².